The van der Waals surface area contributed by atoms with Gasteiger partial charge in [0, 0.05) is 19.0 Å². The van der Waals surface area contributed by atoms with Gasteiger partial charge in [-0.1, -0.05) is 5.16 Å². The van der Waals surface area contributed by atoms with Crippen molar-refractivity contribution in [3.63, 3.8) is 0 Å². The molecule has 22 heavy (non-hydrogen) atoms. The summed E-state index contributed by atoms with van der Waals surface area (Å²) in [7, 11) is 0. The number of halogens is 3. The molecule has 1 saturated heterocycles. The lowest BCUT2D eigenvalue weighted by Gasteiger charge is -2.31. The maximum absolute atomic E-state index is 12.7. The lowest BCUT2D eigenvalue weighted by atomic mass is 10.2. The second-order valence-corrected chi connectivity index (χ2v) is 5.58. The molecule has 0 spiro atoms. The van der Waals surface area contributed by atoms with Crippen molar-refractivity contribution in [2.45, 2.75) is 44.1 Å². The second-order valence-electron chi connectivity index (χ2n) is 5.58. The predicted octanol–water partition coefficient (Wildman–Crippen LogP) is 1.72. The minimum Gasteiger partial charge on any atom is -0.359 e. The highest BCUT2D eigenvalue weighted by Gasteiger charge is 2.45. The Labute approximate surface area is 124 Å². The zero-order valence-corrected chi connectivity index (χ0v) is 11.9. The van der Waals surface area contributed by atoms with Crippen molar-refractivity contribution in [1.82, 2.24) is 10.5 Å². The molecule has 1 aromatic rings. The molecule has 6 nitrogen and oxygen atoms in total. The van der Waals surface area contributed by atoms with E-state index < -0.39 is 24.3 Å². The van der Waals surface area contributed by atoms with E-state index in [1.165, 1.54) is 0 Å². The van der Waals surface area contributed by atoms with Crippen molar-refractivity contribution < 1.29 is 27.2 Å². The number of hydrogen-bond donors (Lipinski definition) is 2. The molecule has 0 aromatic carbocycles. The maximum atomic E-state index is 12.7. The SMILES string of the molecule is Cc1noc(C2CC2)c1NC(=O)C1CNCC(C(F)(F)F)O1. The number of carbonyl (C=O) groups excluding carboxylic acids is 1. The number of anilines is 1. The highest BCUT2D eigenvalue weighted by Crippen LogP contribution is 2.44. The minimum absolute atomic E-state index is 0.0293. The van der Waals surface area contributed by atoms with Gasteiger partial charge in [0.05, 0.1) is 0 Å². The van der Waals surface area contributed by atoms with Gasteiger partial charge in [-0.3, -0.25) is 4.79 Å². The quantitative estimate of drug-likeness (QED) is 0.887. The smallest absolute Gasteiger partial charge is 0.359 e. The van der Waals surface area contributed by atoms with Crippen LogP contribution in [0.3, 0.4) is 0 Å². The molecule has 2 aliphatic rings. The van der Waals surface area contributed by atoms with Gasteiger partial charge < -0.3 is 19.9 Å². The van der Waals surface area contributed by atoms with Crippen LogP contribution in [0.1, 0.15) is 30.2 Å². The molecule has 3 rings (SSSR count). The summed E-state index contributed by atoms with van der Waals surface area (Å²) in [5, 5.41) is 8.97. The van der Waals surface area contributed by atoms with E-state index in [1.807, 2.05) is 0 Å². The molecule has 2 N–H and O–H groups in total. The topological polar surface area (TPSA) is 76.4 Å². The predicted molar refractivity (Wildman–Crippen MR) is 69.4 cm³/mol. The van der Waals surface area contributed by atoms with Gasteiger partial charge in [0.25, 0.3) is 5.91 Å². The van der Waals surface area contributed by atoms with Gasteiger partial charge in [0.2, 0.25) is 0 Å². The molecule has 1 aliphatic heterocycles. The van der Waals surface area contributed by atoms with Crippen LogP contribution in [0, 0.1) is 6.92 Å². The summed E-state index contributed by atoms with van der Waals surface area (Å²) in [6.45, 7) is 1.35. The first kappa shape index (κ1) is 15.3. The van der Waals surface area contributed by atoms with Crippen LogP contribution in [0.5, 0.6) is 0 Å². The molecular weight excluding hydrogens is 303 g/mol. The average Bonchev–Trinajstić information content (AvgIpc) is 3.24. The number of ether oxygens (including phenoxy) is 1. The number of nitrogens with one attached hydrogen (secondary N) is 2. The molecule has 2 fully saturated rings. The molecule has 0 bridgehead atoms. The van der Waals surface area contributed by atoms with E-state index in [0.717, 1.165) is 12.8 Å². The van der Waals surface area contributed by atoms with E-state index in [2.05, 4.69) is 15.8 Å². The van der Waals surface area contributed by atoms with E-state index in [9.17, 15) is 18.0 Å². The van der Waals surface area contributed by atoms with Crippen LogP contribution in [0.4, 0.5) is 18.9 Å². The summed E-state index contributed by atoms with van der Waals surface area (Å²) in [5.41, 5.74) is 0.955. The number of morpholine rings is 1. The Morgan fingerprint density at radius 2 is 2.09 bits per heavy atom. The Hall–Kier alpha value is -1.61. The van der Waals surface area contributed by atoms with Crippen molar-refractivity contribution in [2.75, 3.05) is 18.4 Å². The fourth-order valence-electron chi connectivity index (χ4n) is 2.35. The molecule has 0 radical (unpaired) electrons. The van der Waals surface area contributed by atoms with E-state index in [0.29, 0.717) is 17.1 Å². The van der Waals surface area contributed by atoms with Crippen molar-refractivity contribution in [2.24, 2.45) is 0 Å². The van der Waals surface area contributed by atoms with Crippen LogP contribution < -0.4 is 10.6 Å². The van der Waals surface area contributed by atoms with Crippen molar-refractivity contribution in [3.8, 4) is 0 Å². The number of aromatic nitrogens is 1. The van der Waals surface area contributed by atoms with Gasteiger partial charge in [0.15, 0.2) is 11.9 Å². The number of hydrogen-bond acceptors (Lipinski definition) is 5. The molecule has 2 unspecified atom stereocenters. The van der Waals surface area contributed by atoms with E-state index in [4.69, 9.17) is 9.26 Å². The molecule has 9 heteroatoms. The Balaban J connectivity index is 1.68. The third-order valence-electron chi connectivity index (χ3n) is 3.73. The summed E-state index contributed by atoms with van der Waals surface area (Å²) in [6, 6.07) is 0. The molecule has 1 saturated carbocycles. The van der Waals surface area contributed by atoms with Crippen molar-refractivity contribution >= 4 is 11.6 Å². The van der Waals surface area contributed by atoms with Crippen molar-refractivity contribution in [3.05, 3.63) is 11.5 Å². The summed E-state index contributed by atoms with van der Waals surface area (Å²) in [4.78, 5) is 12.2. The third kappa shape index (κ3) is 3.09. The number of amides is 1. The molecule has 1 aromatic heterocycles. The molecule has 2 heterocycles. The summed E-state index contributed by atoms with van der Waals surface area (Å²) < 4.78 is 48.1. The third-order valence-corrected chi connectivity index (χ3v) is 3.73. The number of nitrogens with zero attached hydrogens (tertiary/aromatic N) is 1. The Bertz CT molecular complexity index is 569. The highest BCUT2D eigenvalue weighted by molar-refractivity contribution is 5.95. The van der Waals surface area contributed by atoms with Crippen LogP contribution in [0.25, 0.3) is 0 Å². The van der Waals surface area contributed by atoms with E-state index >= 15 is 0 Å². The van der Waals surface area contributed by atoms with Gasteiger partial charge in [-0.15, -0.1) is 0 Å². The molecule has 1 aliphatic carbocycles. The first-order valence-electron chi connectivity index (χ1n) is 7.06. The molecule has 122 valence electrons. The normalized spacial score (nSPS) is 26.0. The standard InChI is InChI=1S/C13H16F3N3O3/c1-6-10(11(22-19-6)7-2-3-7)18-12(20)8-4-17-5-9(21-8)13(14,15)16/h7-9,17H,2-5H2,1H3,(H,18,20). The minimum atomic E-state index is -4.50. The van der Waals surface area contributed by atoms with Crippen LogP contribution in [0.15, 0.2) is 4.52 Å². The molecule has 1 amide bonds. The van der Waals surface area contributed by atoms with Gasteiger partial charge in [-0.05, 0) is 19.8 Å². The highest BCUT2D eigenvalue weighted by atomic mass is 19.4. The number of rotatable bonds is 3. The first-order valence-corrected chi connectivity index (χ1v) is 7.06. The van der Waals surface area contributed by atoms with Crippen molar-refractivity contribution in [1.29, 1.82) is 0 Å². The molecule has 2 atom stereocenters. The number of aryl methyl sites for hydroxylation is 1. The fourth-order valence-corrected chi connectivity index (χ4v) is 2.35. The number of alkyl halides is 3. The Morgan fingerprint density at radius 1 is 1.36 bits per heavy atom. The van der Waals surface area contributed by atoms with Crippen LogP contribution in [0.2, 0.25) is 0 Å². The zero-order valence-electron chi connectivity index (χ0n) is 11.9. The largest absolute Gasteiger partial charge is 0.415 e. The van der Waals surface area contributed by atoms with Crippen LogP contribution >= 0.6 is 0 Å². The summed E-state index contributed by atoms with van der Waals surface area (Å²) in [6.07, 6.45) is -5.78. The van der Waals surface area contributed by atoms with Gasteiger partial charge in [-0.2, -0.15) is 13.2 Å². The lowest BCUT2D eigenvalue weighted by molar-refractivity contribution is -0.236. The lowest BCUT2D eigenvalue weighted by Crippen LogP contribution is -2.54. The van der Waals surface area contributed by atoms with Gasteiger partial charge in [0.1, 0.15) is 17.5 Å². The number of carbonyl (C=O) groups is 1. The Kier molecular flexibility index (Phi) is 3.85. The van der Waals surface area contributed by atoms with Crippen LogP contribution in [-0.4, -0.2) is 42.5 Å². The van der Waals surface area contributed by atoms with E-state index in [-0.39, 0.29) is 19.0 Å². The van der Waals surface area contributed by atoms with Crippen LogP contribution in [-0.2, 0) is 9.53 Å². The fraction of sp³-hybridized carbons (Fsp3) is 0.692. The summed E-state index contributed by atoms with van der Waals surface area (Å²) >= 11 is 0. The second kappa shape index (κ2) is 5.54. The average molecular weight is 319 g/mol. The monoisotopic (exact) mass is 319 g/mol. The van der Waals surface area contributed by atoms with Gasteiger partial charge in [-0.25, -0.2) is 0 Å². The van der Waals surface area contributed by atoms with E-state index in [1.54, 1.807) is 6.92 Å². The van der Waals surface area contributed by atoms with Gasteiger partial charge >= 0.3 is 6.18 Å². The first-order chi connectivity index (χ1) is 10.4. The molecular formula is C13H16F3N3O3. The maximum Gasteiger partial charge on any atom is 0.415 e. The Morgan fingerprint density at radius 3 is 2.73 bits per heavy atom. The summed E-state index contributed by atoms with van der Waals surface area (Å²) in [5.74, 6) is 0.182. The zero-order chi connectivity index (χ0) is 15.9.